The molecule has 2 heterocycles. The summed E-state index contributed by atoms with van der Waals surface area (Å²) in [6, 6.07) is 6.87. The van der Waals surface area contributed by atoms with Crippen molar-refractivity contribution in [2.24, 2.45) is 16.8 Å². The maximum Gasteiger partial charge on any atom is 0.318 e. The molecule has 1 saturated heterocycles. The molecule has 0 amide bonds. The lowest BCUT2D eigenvalue weighted by atomic mass is 9.78. The number of halogens is 1. The topological polar surface area (TPSA) is 91.1 Å². The molecule has 0 saturated carbocycles. The summed E-state index contributed by atoms with van der Waals surface area (Å²) < 4.78 is 21.9. The van der Waals surface area contributed by atoms with Gasteiger partial charge in [0.1, 0.15) is 17.4 Å². The molecule has 2 aromatic carbocycles. The van der Waals surface area contributed by atoms with Crippen molar-refractivity contribution in [3.63, 3.8) is 0 Å². The summed E-state index contributed by atoms with van der Waals surface area (Å²) in [6.07, 6.45) is 6.19. The number of allylic oxidation sites excluding steroid dienone is 4. The second-order valence-corrected chi connectivity index (χ2v) is 14.4. The number of ether oxygens (including phenoxy) is 1. The van der Waals surface area contributed by atoms with Gasteiger partial charge >= 0.3 is 6.01 Å². The van der Waals surface area contributed by atoms with E-state index in [1.54, 1.807) is 18.2 Å². The highest BCUT2D eigenvalue weighted by molar-refractivity contribution is 6.51. The molecule has 1 aliphatic heterocycles. The molecule has 272 valence electrons. The fraction of sp³-hybridized carbons (Fsp3) is 0.548. The van der Waals surface area contributed by atoms with Gasteiger partial charge in [0.05, 0.1) is 29.2 Å². The minimum atomic E-state index is -0.863. The number of phenolic OH excluding ortho intramolecular Hbond substituents is 1. The highest BCUT2D eigenvalue weighted by atomic mass is 19.1. The second-order valence-electron chi connectivity index (χ2n) is 14.4. The number of β-amino-alcohol motifs (C(OH)–C–C–N with tert-alkyl or cyclic N) is 1. The van der Waals surface area contributed by atoms with Crippen LogP contribution in [0.5, 0.6) is 11.8 Å². The van der Waals surface area contributed by atoms with Gasteiger partial charge in [-0.1, -0.05) is 60.1 Å². The second kappa shape index (κ2) is 16.5. The van der Waals surface area contributed by atoms with Gasteiger partial charge in [-0.05, 0) is 118 Å². The number of aromatic hydroxyl groups is 1. The summed E-state index contributed by atoms with van der Waals surface area (Å²) in [5.41, 5.74) is 5.28. The zero-order valence-corrected chi connectivity index (χ0v) is 32.2. The highest BCUT2D eigenvalue weighted by Crippen LogP contribution is 2.47. The lowest BCUT2D eigenvalue weighted by Crippen LogP contribution is -2.47. The molecule has 1 aromatic heterocycles. The molecule has 0 radical (unpaired) electrons. The van der Waals surface area contributed by atoms with Crippen LogP contribution >= 0.6 is 0 Å². The number of hydrogen-bond donors (Lipinski definition) is 2. The summed E-state index contributed by atoms with van der Waals surface area (Å²) in [5.74, 6) is 1.35. The highest BCUT2D eigenvalue weighted by Gasteiger charge is 2.37. The third-order valence-electron chi connectivity index (χ3n) is 9.82. The number of aromatic nitrogens is 2. The Labute approximate surface area is 299 Å². The number of fused-ring (bicyclic) bond motifs is 2. The van der Waals surface area contributed by atoms with E-state index in [4.69, 9.17) is 19.7 Å². The first-order valence-corrected chi connectivity index (χ1v) is 18.7. The SMILES string of the molecule is C/C=C1\C(=NC(C)C)C(c2cc(O)cc3ccc(F)c(CC)c23)=C(C)c2nc(OCC(CCC)C(C)C)nc(N3CCCC(C)(O)C3)c21.CC. The summed E-state index contributed by atoms with van der Waals surface area (Å²) in [6.45, 7) is 24.2. The van der Waals surface area contributed by atoms with E-state index >= 15 is 4.39 Å². The van der Waals surface area contributed by atoms with Crippen molar-refractivity contribution in [2.75, 3.05) is 24.6 Å². The molecule has 0 spiro atoms. The van der Waals surface area contributed by atoms with E-state index in [1.807, 2.05) is 61.5 Å². The molecule has 0 bridgehead atoms. The normalized spacial score (nSPS) is 20.1. The molecule has 5 rings (SSSR count). The Kier molecular flexibility index (Phi) is 12.9. The molecule has 50 heavy (non-hydrogen) atoms. The lowest BCUT2D eigenvalue weighted by Gasteiger charge is -2.39. The fourth-order valence-electron chi connectivity index (χ4n) is 7.40. The summed E-state index contributed by atoms with van der Waals surface area (Å²) >= 11 is 0. The van der Waals surface area contributed by atoms with Crippen LogP contribution in [0.2, 0.25) is 0 Å². The van der Waals surface area contributed by atoms with Crippen molar-refractivity contribution in [1.82, 2.24) is 9.97 Å². The molecule has 1 fully saturated rings. The zero-order chi connectivity index (χ0) is 36.9. The molecule has 7 nitrogen and oxygen atoms in total. The molecule has 3 aromatic rings. The third-order valence-corrected chi connectivity index (χ3v) is 9.82. The quantitative estimate of drug-likeness (QED) is 0.221. The van der Waals surface area contributed by atoms with Gasteiger partial charge in [-0.15, -0.1) is 0 Å². The van der Waals surface area contributed by atoms with E-state index < -0.39 is 5.60 Å². The van der Waals surface area contributed by atoms with E-state index in [1.165, 1.54) is 6.07 Å². The van der Waals surface area contributed by atoms with E-state index in [0.29, 0.717) is 55.1 Å². The monoisotopic (exact) mass is 686 g/mol. The minimum absolute atomic E-state index is 0.0560. The number of piperidine rings is 1. The van der Waals surface area contributed by atoms with Crippen molar-refractivity contribution < 1.29 is 19.3 Å². The van der Waals surface area contributed by atoms with E-state index in [-0.39, 0.29) is 17.6 Å². The predicted octanol–water partition coefficient (Wildman–Crippen LogP) is 10.1. The van der Waals surface area contributed by atoms with Crippen molar-refractivity contribution in [1.29, 1.82) is 0 Å². The minimum Gasteiger partial charge on any atom is -0.508 e. The Morgan fingerprint density at radius 1 is 1.12 bits per heavy atom. The number of nitrogens with zero attached hydrogens (tertiary/aromatic N) is 4. The Hall–Kier alpha value is -3.78. The van der Waals surface area contributed by atoms with Crippen molar-refractivity contribution in [3.05, 3.63) is 58.5 Å². The standard InChI is InChI=1S/C40H53FN4O3.C2H6/c1-10-14-27(23(4)5)21-48-39-43-36-25(8)33(31-20-28(46)19-26-15-16-32(41)29(11-2)34(26)31)37(42-24(6)7)30(12-3)35(36)38(44-39)45-18-13-17-40(9,47)22-45;1-2/h12,15-16,19-20,23-24,27,46-47H,10-11,13-14,17-18,21-22H2,1-9H3;1-2H3/b30-12-,42-37?;. The molecule has 2 aliphatic rings. The van der Waals surface area contributed by atoms with Crippen molar-refractivity contribution in [3.8, 4) is 11.8 Å². The molecule has 2 atom stereocenters. The van der Waals surface area contributed by atoms with Crippen LogP contribution in [0, 0.1) is 17.7 Å². The van der Waals surface area contributed by atoms with Gasteiger partial charge in [-0.25, -0.2) is 4.39 Å². The number of rotatable bonds is 10. The smallest absolute Gasteiger partial charge is 0.318 e. The first-order valence-electron chi connectivity index (χ1n) is 18.7. The van der Waals surface area contributed by atoms with Crippen LogP contribution in [0.25, 0.3) is 27.5 Å². The molecule has 8 heteroatoms. The van der Waals surface area contributed by atoms with E-state index in [9.17, 15) is 10.2 Å². The first-order chi connectivity index (χ1) is 23.8. The number of benzene rings is 2. The number of aryl methyl sites for hydroxylation is 1. The van der Waals surface area contributed by atoms with Gasteiger partial charge in [-0.2, -0.15) is 9.97 Å². The summed E-state index contributed by atoms with van der Waals surface area (Å²) in [5, 5.41) is 23.7. The van der Waals surface area contributed by atoms with Crippen LogP contribution in [-0.2, 0) is 6.42 Å². The number of hydrogen-bond acceptors (Lipinski definition) is 7. The van der Waals surface area contributed by atoms with Crippen LogP contribution in [0.4, 0.5) is 10.2 Å². The van der Waals surface area contributed by atoms with Gasteiger partial charge in [0.2, 0.25) is 0 Å². The average Bonchev–Trinajstić information content (AvgIpc) is 3.06. The molecular weight excluding hydrogens is 627 g/mol. The summed E-state index contributed by atoms with van der Waals surface area (Å²) in [4.78, 5) is 17.6. The van der Waals surface area contributed by atoms with Crippen LogP contribution in [0.1, 0.15) is 124 Å². The zero-order valence-electron chi connectivity index (χ0n) is 32.2. The largest absolute Gasteiger partial charge is 0.508 e. The summed E-state index contributed by atoms with van der Waals surface area (Å²) in [7, 11) is 0. The first kappa shape index (κ1) is 39.0. The van der Waals surface area contributed by atoms with Crippen LogP contribution in [-0.4, -0.2) is 57.2 Å². The lowest BCUT2D eigenvalue weighted by molar-refractivity contribution is 0.0446. The Morgan fingerprint density at radius 2 is 1.84 bits per heavy atom. The van der Waals surface area contributed by atoms with Gasteiger partial charge < -0.3 is 19.8 Å². The van der Waals surface area contributed by atoms with Gasteiger partial charge in [0, 0.05) is 30.3 Å². The van der Waals surface area contributed by atoms with Crippen LogP contribution in [0.15, 0.2) is 35.3 Å². The third kappa shape index (κ3) is 8.06. The van der Waals surface area contributed by atoms with E-state index in [0.717, 1.165) is 76.0 Å². The van der Waals surface area contributed by atoms with Gasteiger partial charge in [0.25, 0.3) is 0 Å². The number of aliphatic imine (C=N–C) groups is 1. The van der Waals surface area contributed by atoms with Crippen LogP contribution in [0.3, 0.4) is 0 Å². The molecule has 1 aliphatic carbocycles. The Balaban J connectivity index is 0.00000276. The van der Waals surface area contributed by atoms with Gasteiger partial charge in [0.15, 0.2) is 0 Å². The van der Waals surface area contributed by atoms with Crippen molar-refractivity contribution >= 4 is 39.0 Å². The Bertz CT molecular complexity index is 1770. The average molecular weight is 687 g/mol. The molecular formula is C42H59FN4O3. The fourth-order valence-corrected chi connectivity index (χ4v) is 7.40. The number of anilines is 1. The number of phenols is 1. The van der Waals surface area contributed by atoms with Crippen LogP contribution < -0.4 is 9.64 Å². The molecule has 2 N–H and O–H groups in total. The molecule has 2 unspecified atom stereocenters. The maximum atomic E-state index is 15.4. The van der Waals surface area contributed by atoms with Gasteiger partial charge in [-0.3, -0.25) is 4.99 Å². The van der Waals surface area contributed by atoms with Crippen molar-refractivity contribution in [2.45, 2.75) is 120 Å². The Morgan fingerprint density at radius 3 is 2.44 bits per heavy atom. The number of aliphatic hydroxyl groups is 1. The predicted molar refractivity (Wildman–Crippen MR) is 208 cm³/mol. The maximum absolute atomic E-state index is 15.4. The van der Waals surface area contributed by atoms with E-state index in [2.05, 4.69) is 25.7 Å².